The van der Waals surface area contributed by atoms with E-state index in [9.17, 15) is 0 Å². The number of aromatic nitrogens is 3. The van der Waals surface area contributed by atoms with Gasteiger partial charge in [-0.25, -0.2) is 4.98 Å². The normalized spacial score (nSPS) is 11.3. The summed E-state index contributed by atoms with van der Waals surface area (Å²) in [5.74, 6) is 1.51. The summed E-state index contributed by atoms with van der Waals surface area (Å²) in [6.07, 6.45) is 5.25. The zero-order valence-electron chi connectivity index (χ0n) is 10.5. The van der Waals surface area contributed by atoms with Gasteiger partial charge in [-0.1, -0.05) is 13.8 Å². The number of oxazole rings is 1. The minimum Gasteiger partial charge on any atom is -0.431 e. The van der Waals surface area contributed by atoms with Crippen LogP contribution in [0.15, 0.2) is 23.1 Å². The molecule has 0 saturated carbocycles. The third kappa shape index (κ3) is 2.94. The predicted molar refractivity (Wildman–Crippen MR) is 64.9 cm³/mol. The van der Waals surface area contributed by atoms with E-state index in [-0.39, 0.29) is 0 Å². The van der Waals surface area contributed by atoms with Crippen LogP contribution in [0, 0.1) is 12.8 Å². The molecule has 5 nitrogen and oxygen atoms in total. The molecule has 2 rings (SSSR count). The van der Waals surface area contributed by atoms with Gasteiger partial charge in [0, 0.05) is 18.9 Å². The molecule has 2 aromatic heterocycles. The van der Waals surface area contributed by atoms with E-state index in [1.165, 1.54) is 0 Å². The lowest BCUT2D eigenvalue weighted by Gasteiger charge is -2.04. The summed E-state index contributed by atoms with van der Waals surface area (Å²) < 4.78 is 7.24. The second kappa shape index (κ2) is 5.14. The molecule has 92 valence electrons. The molecule has 0 aliphatic carbocycles. The summed E-state index contributed by atoms with van der Waals surface area (Å²) in [6, 6.07) is 0.571. The Balaban J connectivity index is 1.99. The van der Waals surface area contributed by atoms with Gasteiger partial charge in [-0.05, 0) is 19.4 Å². The van der Waals surface area contributed by atoms with Gasteiger partial charge in [-0.2, -0.15) is 4.98 Å². The van der Waals surface area contributed by atoms with Crippen molar-refractivity contribution in [1.29, 1.82) is 0 Å². The quantitative estimate of drug-likeness (QED) is 0.858. The molecule has 0 amide bonds. The van der Waals surface area contributed by atoms with E-state index in [2.05, 4.69) is 29.1 Å². The van der Waals surface area contributed by atoms with E-state index < -0.39 is 0 Å². The fourth-order valence-corrected chi connectivity index (χ4v) is 1.56. The molecule has 0 bridgehead atoms. The Labute approximate surface area is 101 Å². The Morgan fingerprint density at radius 3 is 2.94 bits per heavy atom. The Hall–Kier alpha value is -1.62. The van der Waals surface area contributed by atoms with Crippen LogP contribution < -0.4 is 5.32 Å². The lowest BCUT2D eigenvalue weighted by molar-refractivity contribution is 0.519. The second-order valence-electron chi connectivity index (χ2n) is 4.49. The van der Waals surface area contributed by atoms with Crippen molar-refractivity contribution in [2.75, 3.05) is 6.54 Å². The number of hydrogen-bond donors (Lipinski definition) is 1. The topological polar surface area (TPSA) is 55.9 Å². The molecule has 2 aromatic rings. The van der Waals surface area contributed by atoms with E-state index in [1.807, 2.05) is 17.7 Å². The first-order chi connectivity index (χ1) is 8.16. The zero-order valence-corrected chi connectivity index (χ0v) is 10.5. The minimum absolute atomic E-state index is 0.571. The van der Waals surface area contributed by atoms with E-state index >= 15 is 0 Å². The highest BCUT2D eigenvalue weighted by Crippen LogP contribution is 2.09. The van der Waals surface area contributed by atoms with Gasteiger partial charge in [0.05, 0.1) is 5.69 Å². The van der Waals surface area contributed by atoms with Gasteiger partial charge in [-0.15, -0.1) is 0 Å². The summed E-state index contributed by atoms with van der Waals surface area (Å²) in [7, 11) is 0. The molecule has 0 unspecified atom stereocenters. The van der Waals surface area contributed by atoms with Crippen molar-refractivity contribution in [3.63, 3.8) is 0 Å². The fourth-order valence-electron chi connectivity index (χ4n) is 1.56. The Kier molecular flexibility index (Phi) is 3.58. The highest BCUT2D eigenvalue weighted by Gasteiger charge is 2.07. The third-order valence-corrected chi connectivity index (χ3v) is 2.43. The fraction of sp³-hybridized carbons (Fsp3) is 0.500. The number of aryl methyl sites for hydroxylation is 1. The maximum Gasteiger partial charge on any atom is 0.307 e. The standard InChI is InChI=1S/C12H18N4O/c1-9(2)6-13-7-11-8-17-12(15-11)16-5-4-14-10(16)3/h4-5,8-9,13H,6-7H2,1-3H3. The first-order valence-electron chi connectivity index (χ1n) is 5.82. The van der Waals surface area contributed by atoms with Gasteiger partial charge in [0.15, 0.2) is 0 Å². The molecule has 0 radical (unpaired) electrons. The van der Waals surface area contributed by atoms with Crippen molar-refractivity contribution in [3.05, 3.63) is 30.2 Å². The molecule has 0 spiro atoms. The van der Waals surface area contributed by atoms with Crippen LogP contribution in [0.1, 0.15) is 25.4 Å². The zero-order chi connectivity index (χ0) is 12.3. The largest absolute Gasteiger partial charge is 0.431 e. The maximum absolute atomic E-state index is 5.42. The van der Waals surface area contributed by atoms with Crippen molar-refractivity contribution in [1.82, 2.24) is 19.9 Å². The van der Waals surface area contributed by atoms with Gasteiger partial charge in [-0.3, -0.25) is 4.57 Å². The van der Waals surface area contributed by atoms with E-state index in [1.54, 1.807) is 12.5 Å². The molecular formula is C12H18N4O. The number of nitrogens with zero attached hydrogens (tertiary/aromatic N) is 3. The minimum atomic E-state index is 0.571. The maximum atomic E-state index is 5.42. The summed E-state index contributed by atoms with van der Waals surface area (Å²) in [4.78, 5) is 8.54. The molecule has 0 aliphatic heterocycles. The lowest BCUT2D eigenvalue weighted by atomic mass is 10.2. The van der Waals surface area contributed by atoms with Gasteiger partial charge >= 0.3 is 6.01 Å². The smallest absolute Gasteiger partial charge is 0.307 e. The van der Waals surface area contributed by atoms with Crippen LogP contribution in [0.25, 0.3) is 6.01 Å². The molecule has 0 aliphatic rings. The first-order valence-corrected chi connectivity index (χ1v) is 5.82. The molecule has 0 aromatic carbocycles. The predicted octanol–water partition coefficient (Wildman–Crippen LogP) is 1.91. The van der Waals surface area contributed by atoms with Crippen LogP contribution in [0.3, 0.4) is 0 Å². The summed E-state index contributed by atoms with van der Waals surface area (Å²) in [5, 5.41) is 3.33. The molecule has 1 N–H and O–H groups in total. The van der Waals surface area contributed by atoms with E-state index in [0.29, 0.717) is 11.9 Å². The SMILES string of the molecule is Cc1nccn1-c1nc(CNCC(C)C)co1. The van der Waals surface area contributed by atoms with Gasteiger partial charge < -0.3 is 9.73 Å². The summed E-state index contributed by atoms with van der Waals surface area (Å²) in [6.45, 7) is 7.98. The third-order valence-electron chi connectivity index (χ3n) is 2.43. The summed E-state index contributed by atoms with van der Waals surface area (Å²) in [5.41, 5.74) is 0.911. The molecule has 2 heterocycles. The monoisotopic (exact) mass is 234 g/mol. The van der Waals surface area contributed by atoms with Crippen LogP contribution in [0.5, 0.6) is 0 Å². The first kappa shape index (κ1) is 11.9. The highest BCUT2D eigenvalue weighted by molar-refractivity contribution is 5.13. The Bertz CT molecular complexity index is 472. The average Bonchev–Trinajstić information content (AvgIpc) is 2.86. The van der Waals surface area contributed by atoms with Crippen LogP contribution in [0.2, 0.25) is 0 Å². The molecule has 17 heavy (non-hydrogen) atoms. The highest BCUT2D eigenvalue weighted by atomic mass is 16.4. The Morgan fingerprint density at radius 2 is 2.29 bits per heavy atom. The molecule has 0 fully saturated rings. The van der Waals surface area contributed by atoms with Gasteiger partial charge in [0.25, 0.3) is 0 Å². The number of imidazole rings is 1. The van der Waals surface area contributed by atoms with Crippen molar-refractivity contribution in [2.24, 2.45) is 5.92 Å². The van der Waals surface area contributed by atoms with E-state index in [0.717, 1.165) is 24.6 Å². The molecule has 0 saturated heterocycles. The molecule has 5 heteroatoms. The van der Waals surface area contributed by atoms with Crippen LogP contribution in [0.4, 0.5) is 0 Å². The molecule has 0 atom stereocenters. The molecular weight excluding hydrogens is 216 g/mol. The average molecular weight is 234 g/mol. The van der Waals surface area contributed by atoms with Crippen LogP contribution >= 0.6 is 0 Å². The van der Waals surface area contributed by atoms with Crippen LogP contribution in [-0.4, -0.2) is 21.1 Å². The van der Waals surface area contributed by atoms with Gasteiger partial charge in [0.1, 0.15) is 12.1 Å². The van der Waals surface area contributed by atoms with Crippen LogP contribution in [-0.2, 0) is 6.54 Å². The Morgan fingerprint density at radius 1 is 1.47 bits per heavy atom. The van der Waals surface area contributed by atoms with E-state index in [4.69, 9.17) is 4.42 Å². The van der Waals surface area contributed by atoms with Gasteiger partial charge in [0.2, 0.25) is 0 Å². The lowest BCUT2D eigenvalue weighted by Crippen LogP contribution is -2.19. The number of rotatable bonds is 5. The van der Waals surface area contributed by atoms with Crippen molar-refractivity contribution >= 4 is 0 Å². The number of hydrogen-bond acceptors (Lipinski definition) is 4. The van der Waals surface area contributed by atoms with Crippen molar-refractivity contribution < 1.29 is 4.42 Å². The van der Waals surface area contributed by atoms with Crippen molar-refractivity contribution in [3.8, 4) is 6.01 Å². The summed E-state index contributed by atoms with van der Waals surface area (Å²) >= 11 is 0. The van der Waals surface area contributed by atoms with Crippen molar-refractivity contribution in [2.45, 2.75) is 27.3 Å². The second-order valence-corrected chi connectivity index (χ2v) is 4.49. The number of nitrogens with one attached hydrogen (secondary N) is 1.